The second kappa shape index (κ2) is 6.88. The fourth-order valence-electron chi connectivity index (χ4n) is 2.57. The molecule has 2 rings (SSSR count). The average Bonchev–Trinajstić information content (AvgIpc) is 2.81. The van der Waals surface area contributed by atoms with Gasteiger partial charge < -0.3 is 10.0 Å². The molecule has 20 heavy (non-hydrogen) atoms. The highest BCUT2D eigenvalue weighted by Crippen LogP contribution is 2.24. The van der Waals surface area contributed by atoms with Crippen LogP contribution in [0.4, 0.5) is 0 Å². The van der Waals surface area contributed by atoms with E-state index in [0.29, 0.717) is 25.8 Å². The molecule has 1 saturated heterocycles. The molecule has 1 aliphatic heterocycles. The number of hydrogen-bond acceptors (Lipinski definition) is 2. The van der Waals surface area contributed by atoms with Crippen LogP contribution in [0.25, 0.3) is 0 Å². The Morgan fingerprint density at radius 1 is 1.40 bits per heavy atom. The van der Waals surface area contributed by atoms with Crippen LogP contribution in [-0.4, -0.2) is 39.8 Å². The SMILES string of the molecule is O=C(O)[C@H](CCc1ccccc1)N1CC(CBr)CC1=O. The summed E-state index contributed by atoms with van der Waals surface area (Å²) in [7, 11) is 0. The van der Waals surface area contributed by atoms with Crippen LogP contribution in [0.15, 0.2) is 30.3 Å². The van der Waals surface area contributed by atoms with Gasteiger partial charge in [-0.3, -0.25) is 4.79 Å². The molecular weight excluding hydrogens is 322 g/mol. The lowest BCUT2D eigenvalue weighted by atomic mass is 10.0. The third kappa shape index (κ3) is 3.60. The van der Waals surface area contributed by atoms with Gasteiger partial charge in [-0.05, 0) is 24.3 Å². The largest absolute Gasteiger partial charge is 0.480 e. The molecule has 1 N–H and O–H groups in total. The lowest BCUT2D eigenvalue weighted by Crippen LogP contribution is -2.42. The van der Waals surface area contributed by atoms with E-state index in [-0.39, 0.29) is 11.8 Å². The Labute approximate surface area is 126 Å². The molecule has 1 aliphatic rings. The van der Waals surface area contributed by atoms with Crippen LogP contribution in [-0.2, 0) is 16.0 Å². The van der Waals surface area contributed by atoms with Crippen molar-refractivity contribution in [3.8, 4) is 0 Å². The fourth-order valence-corrected chi connectivity index (χ4v) is 3.01. The first-order valence-electron chi connectivity index (χ1n) is 6.74. The van der Waals surface area contributed by atoms with Crippen molar-refractivity contribution in [2.24, 2.45) is 5.92 Å². The van der Waals surface area contributed by atoms with E-state index in [2.05, 4.69) is 15.9 Å². The Hall–Kier alpha value is -1.36. The molecule has 2 atom stereocenters. The summed E-state index contributed by atoms with van der Waals surface area (Å²) in [6.45, 7) is 0.538. The number of hydrogen-bond donors (Lipinski definition) is 1. The average molecular weight is 340 g/mol. The summed E-state index contributed by atoms with van der Waals surface area (Å²) in [6, 6.07) is 9.05. The van der Waals surface area contributed by atoms with Crippen molar-refractivity contribution in [1.29, 1.82) is 0 Å². The molecule has 1 unspecified atom stereocenters. The van der Waals surface area contributed by atoms with Gasteiger partial charge in [-0.2, -0.15) is 0 Å². The summed E-state index contributed by atoms with van der Waals surface area (Å²) in [5.41, 5.74) is 1.10. The molecule has 0 aromatic heterocycles. The van der Waals surface area contributed by atoms with Crippen LogP contribution in [0.1, 0.15) is 18.4 Å². The van der Waals surface area contributed by atoms with Gasteiger partial charge in [0.25, 0.3) is 0 Å². The first-order chi connectivity index (χ1) is 9.61. The number of carbonyl (C=O) groups is 2. The van der Waals surface area contributed by atoms with Crippen molar-refractivity contribution in [3.63, 3.8) is 0 Å². The van der Waals surface area contributed by atoms with Crippen LogP contribution >= 0.6 is 15.9 Å². The number of aryl methyl sites for hydroxylation is 1. The summed E-state index contributed by atoms with van der Waals surface area (Å²) >= 11 is 3.37. The van der Waals surface area contributed by atoms with E-state index < -0.39 is 12.0 Å². The molecule has 0 spiro atoms. The quantitative estimate of drug-likeness (QED) is 0.809. The van der Waals surface area contributed by atoms with Crippen molar-refractivity contribution in [3.05, 3.63) is 35.9 Å². The lowest BCUT2D eigenvalue weighted by Gasteiger charge is -2.24. The van der Waals surface area contributed by atoms with Gasteiger partial charge in [0.15, 0.2) is 0 Å². The third-order valence-electron chi connectivity index (χ3n) is 3.67. The zero-order chi connectivity index (χ0) is 14.5. The predicted molar refractivity (Wildman–Crippen MR) is 79.8 cm³/mol. The Balaban J connectivity index is 2.01. The Bertz CT molecular complexity index is 477. The van der Waals surface area contributed by atoms with Gasteiger partial charge in [-0.15, -0.1) is 0 Å². The van der Waals surface area contributed by atoms with Gasteiger partial charge in [0.2, 0.25) is 5.91 Å². The molecule has 1 aromatic rings. The normalized spacial score (nSPS) is 20.1. The van der Waals surface area contributed by atoms with Gasteiger partial charge in [0.1, 0.15) is 6.04 Å². The molecule has 0 aliphatic carbocycles. The number of alkyl halides is 1. The highest BCUT2D eigenvalue weighted by atomic mass is 79.9. The molecule has 0 bridgehead atoms. The minimum atomic E-state index is -0.912. The number of likely N-dealkylation sites (tertiary alicyclic amines) is 1. The molecule has 0 saturated carbocycles. The molecule has 1 amide bonds. The molecule has 0 radical (unpaired) electrons. The van der Waals surface area contributed by atoms with Gasteiger partial charge in [0.05, 0.1) is 0 Å². The first-order valence-corrected chi connectivity index (χ1v) is 7.86. The highest BCUT2D eigenvalue weighted by molar-refractivity contribution is 9.09. The lowest BCUT2D eigenvalue weighted by molar-refractivity contribution is -0.148. The molecule has 4 nitrogen and oxygen atoms in total. The maximum absolute atomic E-state index is 11.9. The van der Waals surface area contributed by atoms with E-state index in [9.17, 15) is 14.7 Å². The number of aliphatic carboxylic acids is 1. The number of rotatable bonds is 6. The van der Waals surface area contributed by atoms with Crippen molar-refractivity contribution in [2.75, 3.05) is 11.9 Å². The Kier molecular flexibility index (Phi) is 5.17. The van der Waals surface area contributed by atoms with Gasteiger partial charge in [0, 0.05) is 18.3 Å². The standard InChI is InChI=1S/C15H18BrNO3/c16-9-12-8-14(18)17(10-12)13(15(19)20)7-6-11-4-2-1-3-5-11/h1-5,12-13H,6-10H2,(H,19,20)/t12?,13-/m0/s1. The summed E-state index contributed by atoms with van der Waals surface area (Å²) in [5, 5.41) is 10.1. The van der Waals surface area contributed by atoms with E-state index in [4.69, 9.17) is 0 Å². The number of carbonyl (C=O) groups excluding carboxylic acids is 1. The number of nitrogens with zero attached hydrogens (tertiary/aromatic N) is 1. The number of halogens is 1. The minimum absolute atomic E-state index is 0.0464. The van der Waals surface area contributed by atoms with E-state index >= 15 is 0 Å². The van der Waals surface area contributed by atoms with E-state index in [1.807, 2.05) is 30.3 Å². The van der Waals surface area contributed by atoms with Crippen molar-refractivity contribution in [1.82, 2.24) is 4.90 Å². The first kappa shape index (κ1) is 15.0. The zero-order valence-electron chi connectivity index (χ0n) is 11.2. The number of carboxylic acids is 1. The van der Waals surface area contributed by atoms with Crippen LogP contribution in [0.2, 0.25) is 0 Å². The monoisotopic (exact) mass is 339 g/mol. The van der Waals surface area contributed by atoms with Crippen molar-refractivity contribution >= 4 is 27.8 Å². The predicted octanol–water partition coefficient (Wildman–Crippen LogP) is 2.32. The fraction of sp³-hybridized carbons (Fsp3) is 0.467. The summed E-state index contributed by atoms with van der Waals surface area (Å²) in [5.74, 6) is -0.736. The Morgan fingerprint density at radius 3 is 2.65 bits per heavy atom. The second-order valence-corrected chi connectivity index (χ2v) is 5.80. The molecule has 1 fully saturated rings. The maximum atomic E-state index is 11.9. The molecule has 1 heterocycles. The topological polar surface area (TPSA) is 57.6 Å². The van der Waals surface area contributed by atoms with Gasteiger partial charge in [-0.25, -0.2) is 4.79 Å². The Morgan fingerprint density at radius 2 is 2.10 bits per heavy atom. The van der Waals surface area contributed by atoms with Gasteiger partial charge >= 0.3 is 5.97 Å². The maximum Gasteiger partial charge on any atom is 0.326 e. The minimum Gasteiger partial charge on any atom is -0.480 e. The van der Waals surface area contributed by atoms with Crippen LogP contribution in [0.3, 0.4) is 0 Å². The summed E-state index contributed by atoms with van der Waals surface area (Å²) < 4.78 is 0. The second-order valence-electron chi connectivity index (χ2n) is 5.15. The number of carboxylic acid groups (broad SMARTS) is 1. The number of amides is 1. The zero-order valence-corrected chi connectivity index (χ0v) is 12.8. The van der Waals surface area contributed by atoms with Crippen LogP contribution in [0.5, 0.6) is 0 Å². The molecule has 5 heteroatoms. The van der Waals surface area contributed by atoms with Crippen LogP contribution in [0, 0.1) is 5.92 Å². The van der Waals surface area contributed by atoms with E-state index in [1.54, 1.807) is 0 Å². The van der Waals surface area contributed by atoms with Crippen molar-refractivity contribution in [2.45, 2.75) is 25.3 Å². The highest BCUT2D eigenvalue weighted by Gasteiger charge is 2.36. The summed E-state index contributed by atoms with van der Waals surface area (Å²) in [4.78, 5) is 24.9. The smallest absolute Gasteiger partial charge is 0.326 e. The summed E-state index contributed by atoms with van der Waals surface area (Å²) in [6.07, 6.45) is 1.57. The molecule has 108 valence electrons. The van der Waals surface area contributed by atoms with Crippen molar-refractivity contribution < 1.29 is 14.7 Å². The van der Waals surface area contributed by atoms with E-state index in [0.717, 1.165) is 10.9 Å². The van der Waals surface area contributed by atoms with Gasteiger partial charge in [-0.1, -0.05) is 46.3 Å². The third-order valence-corrected chi connectivity index (χ3v) is 4.58. The molecular formula is C15H18BrNO3. The number of benzene rings is 1. The van der Waals surface area contributed by atoms with Crippen LogP contribution < -0.4 is 0 Å². The van der Waals surface area contributed by atoms with E-state index in [1.165, 1.54) is 4.90 Å². The molecule has 1 aromatic carbocycles.